The molecule has 1 aromatic rings. The second-order valence-electron chi connectivity index (χ2n) is 9.59. The number of nitrogens with one attached hydrogen (secondary N) is 3. The van der Waals surface area contributed by atoms with Crippen molar-refractivity contribution in [3.63, 3.8) is 0 Å². The SMILES string of the molecule is C=C1CCC[C@](C(=C)NCC)(C(F)(F)CCNC)N1.CCC1CCC(c2ccccc2)CC1. The molecule has 2 aliphatic rings. The highest BCUT2D eigenvalue weighted by molar-refractivity contribution is 5.27. The van der Waals surface area contributed by atoms with Gasteiger partial charge in [0.2, 0.25) is 0 Å². The molecule has 1 saturated heterocycles. The van der Waals surface area contributed by atoms with Gasteiger partial charge < -0.3 is 16.0 Å². The molecule has 3 rings (SSSR count). The van der Waals surface area contributed by atoms with Crippen LogP contribution in [-0.2, 0) is 0 Å². The summed E-state index contributed by atoms with van der Waals surface area (Å²) in [5, 5.41) is 8.67. The number of rotatable bonds is 9. The first-order chi connectivity index (χ1) is 15.8. The maximum absolute atomic E-state index is 14.7. The van der Waals surface area contributed by atoms with Crippen molar-refractivity contribution in [1.29, 1.82) is 0 Å². The van der Waals surface area contributed by atoms with Crippen LogP contribution >= 0.6 is 0 Å². The summed E-state index contributed by atoms with van der Waals surface area (Å²) in [6, 6.07) is 11.0. The molecule has 0 amide bonds. The van der Waals surface area contributed by atoms with Gasteiger partial charge in [-0.05, 0) is 76.3 Å². The summed E-state index contributed by atoms with van der Waals surface area (Å²) in [7, 11) is 1.68. The maximum Gasteiger partial charge on any atom is 0.277 e. The summed E-state index contributed by atoms with van der Waals surface area (Å²) in [6.07, 6.45) is 8.65. The molecule has 0 spiro atoms. The van der Waals surface area contributed by atoms with E-state index in [4.69, 9.17) is 0 Å². The third-order valence-corrected chi connectivity index (χ3v) is 7.33. The van der Waals surface area contributed by atoms with Gasteiger partial charge >= 0.3 is 0 Å². The molecular weight excluding hydrogens is 416 g/mol. The summed E-state index contributed by atoms with van der Waals surface area (Å²) in [4.78, 5) is 0. The van der Waals surface area contributed by atoms with Crippen LogP contribution in [0.25, 0.3) is 0 Å². The fourth-order valence-electron chi connectivity index (χ4n) is 5.20. The molecule has 0 bridgehead atoms. The van der Waals surface area contributed by atoms with Crippen molar-refractivity contribution < 1.29 is 8.78 Å². The highest BCUT2D eigenvalue weighted by Crippen LogP contribution is 2.43. The molecule has 1 atom stereocenters. The molecule has 1 aliphatic heterocycles. The van der Waals surface area contributed by atoms with Gasteiger partial charge in [-0.3, -0.25) is 0 Å². The van der Waals surface area contributed by atoms with E-state index in [1.165, 1.54) is 32.1 Å². The lowest BCUT2D eigenvalue weighted by atomic mass is 9.78. The van der Waals surface area contributed by atoms with Crippen molar-refractivity contribution in [2.24, 2.45) is 5.92 Å². The Kier molecular flexibility index (Phi) is 10.9. The number of alkyl halides is 2. The number of likely N-dealkylation sites (N-methyl/N-ethyl adjacent to an activating group) is 1. The number of piperidine rings is 1. The first-order valence-corrected chi connectivity index (χ1v) is 12.8. The van der Waals surface area contributed by atoms with Crippen LogP contribution in [0.15, 0.2) is 54.9 Å². The summed E-state index contributed by atoms with van der Waals surface area (Å²) >= 11 is 0. The van der Waals surface area contributed by atoms with Gasteiger partial charge in [0.05, 0.1) is 0 Å². The number of allylic oxidation sites excluding steroid dienone is 1. The molecule has 1 saturated carbocycles. The third kappa shape index (κ3) is 7.30. The van der Waals surface area contributed by atoms with E-state index in [0.717, 1.165) is 18.3 Å². The van der Waals surface area contributed by atoms with Gasteiger partial charge in [0.15, 0.2) is 0 Å². The molecule has 1 heterocycles. The van der Waals surface area contributed by atoms with Crippen molar-refractivity contribution in [3.05, 3.63) is 60.4 Å². The van der Waals surface area contributed by atoms with Crippen LogP contribution in [0.1, 0.15) is 83.1 Å². The van der Waals surface area contributed by atoms with Gasteiger partial charge in [0, 0.05) is 30.9 Å². The second kappa shape index (κ2) is 13.1. The van der Waals surface area contributed by atoms with Crippen LogP contribution in [-0.4, -0.2) is 31.6 Å². The molecular formula is C28H45F2N3. The Balaban J connectivity index is 0.000000243. The minimum atomic E-state index is -2.88. The fourth-order valence-corrected chi connectivity index (χ4v) is 5.20. The van der Waals surface area contributed by atoms with Crippen LogP contribution in [0, 0.1) is 5.92 Å². The number of benzene rings is 1. The summed E-state index contributed by atoms with van der Waals surface area (Å²) in [5.74, 6) is -1.02. The first-order valence-electron chi connectivity index (χ1n) is 12.8. The predicted octanol–water partition coefficient (Wildman–Crippen LogP) is 6.75. The lowest BCUT2D eigenvalue weighted by molar-refractivity contribution is -0.0870. The van der Waals surface area contributed by atoms with Gasteiger partial charge in [-0.15, -0.1) is 0 Å². The molecule has 0 unspecified atom stereocenters. The van der Waals surface area contributed by atoms with Crippen molar-refractivity contribution in [3.8, 4) is 0 Å². The highest BCUT2D eigenvalue weighted by Gasteiger charge is 2.55. The number of halogens is 2. The Morgan fingerprint density at radius 2 is 1.82 bits per heavy atom. The minimum absolute atomic E-state index is 0.228. The lowest BCUT2D eigenvalue weighted by Crippen LogP contribution is -2.63. The smallest absolute Gasteiger partial charge is 0.277 e. The largest absolute Gasteiger partial charge is 0.387 e. The highest BCUT2D eigenvalue weighted by atomic mass is 19.3. The van der Waals surface area contributed by atoms with Gasteiger partial charge in [0.25, 0.3) is 5.92 Å². The van der Waals surface area contributed by atoms with Gasteiger partial charge in [0.1, 0.15) is 5.54 Å². The predicted molar refractivity (Wildman–Crippen MR) is 137 cm³/mol. The lowest BCUT2D eigenvalue weighted by Gasteiger charge is -2.46. The van der Waals surface area contributed by atoms with Gasteiger partial charge in [-0.1, -0.05) is 56.8 Å². The second-order valence-corrected chi connectivity index (χ2v) is 9.59. The van der Waals surface area contributed by atoms with Crippen LogP contribution in [0.3, 0.4) is 0 Å². The van der Waals surface area contributed by atoms with Crippen LogP contribution in [0.2, 0.25) is 0 Å². The molecule has 186 valence electrons. The Labute approximate surface area is 200 Å². The van der Waals surface area contributed by atoms with Crippen molar-refractivity contribution in [2.45, 2.75) is 89.0 Å². The normalized spacial score (nSPS) is 25.4. The van der Waals surface area contributed by atoms with Gasteiger partial charge in [-0.25, -0.2) is 8.78 Å². The van der Waals surface area contributed by atoms with Crippen LogP contribution in [0.4, 0.5) is 8.78 Å². The van der Waals surface area contributed by atoms with E-state index in [1.807, 2.05) is 6.92 Å². The monoisotopic (exact) mass is 461 g/mol. The van der Waals surface area contributed by atoms with Crippen molar-refractivity contribution in [1.82, 2.24) is 16.0 Å². The van der Waals surface area contributed by atoms with Crippen molar-refractivity contribution >= 4 is 0 Å². The average molecular weight is 462 g/mol. The van der Waals surface area contributed by atoms with Crippen LogP contribution in [0.5, 0.6) is 0 Å². The Morgan fingerprint density at radius 1 is 1.15 bits per heavy atom. The fraction of sp³-hybridized carbons (Fsp3) is 0.643. The Bertz CT molecular complexity index is 726. The number of hydrogen-bond donors (Lipinski definition) is 3. The zero-order valence-electron chi connectivity index (χ0n) is 21.0. The summed E-state index contributed by atoms with van der Waals surface area (Å²) in [5.41, 5.74) is 1.16. The molecule has 2 fully saturated rings. The van der Waals surface area contributed by atoms with E-state index in [2.05, 4.69) is 66.4 Å². The molecule has 0 aromatic heterocycles. The zero-order chi connectivity index (χ0) is 24.3. The minimum Gasteiger partial charge on any atom is -0.387 e. The quantitative estimate of drug-likeness (QED) is 0.381. The van der Waals surface area contributed by atoms with E-state index in [9.17, 15) is 8.78 Å². The van der Waals surface area contributed by atoms with Crippen LogP contribution < -0.4 is 16.0 Å². The van der Waals surface area contributed by atoms with E-state index in [0.29, 0.717) is 30.8 Å². The molecule has 0 radical (unpaired) electrons. The van der Waals surface area contributed by atoms with E-state index in [-0.39, 0.29) is 13.0 Å². The molecule has 3 nitrogen and oxygen atoms in total. The Hall–Kier alpha value is -1.88. The third-order valence-electron chi connectivity index (χ3n) is 7.33. The molecule has 5 heteroatoms. The summed E-state index contributed by atoms with van der Waals surface area (Å²) < 4.78 is 29.3. The maximum atomic E-state index is 14.7. The average Bonchev–Trinajstić information content (AvgIpc) is 2.84. The topological polar surface area (TPSA) is 36.1 Å². The zero-order valence-corrected chi connectivity index (χ0v) is 21.0. The molecule has 3 N–H and O–H groups in total. The van der Waals surface area contributed by atoms with Gasteiger partial charge in [-0.2, -0.15) is 0 Å². The first kappa shape index (κ1) is 27.4. The standard InChI is InChI=1S/C14H25F2N3.C14H20/c1-5-18-12(3)13(8-6-7-11(2)19-13)14(15,16)9-10-17-4;1-2-12-8-10-14(11-9-12)13-6-4-3-5-7-13/h17-19H,2-3,5-10H2,1,4H3;3-7,12,14H,2,8-11H2,1H3/t13-;/m0./s1. The van der Waals surface area contributed by atoms with E-state index >= 15 is 0 Å². The molecule has 33 heavy (non-hydrogen) atoms. The van der Waals surface area contributed by atoms with Crippen molar-refractivity contribution in [2.75, 3.05) is 20.1 Å². The molecule has 1 aliphatic carbocycles. The summed E-state index contributed by atoms with van der Waals surface area (Å²) in [6.45, 7) is 12.7. The van der Waals surface area contributed by atoms with E-state index < -0.39 is 11.5 Å². The Morgan fingerprint density at radius 3 is 2.36 bits per heavy atom. The molecule has 1 aromatic carbocycles. The number of hydrogen-bond acceptors (Lipinski definition) is 3. The van der Waals surface area contributed by atoms with E-state index in [1.54, 1.807) is 12.6 Å².